The summed E-state index contributed by atoms with van der Waals surface area (Å²) in [5, 5.41) is 9.06. The van der Waals surface area contributed by atoms with Gasteiger partial charge in [0.1, 0.15) is 17.0 Å². The van der Waals surface area contributed by atoms with Crippen LogP contribution in [0, 0.1) is 5.82 Å². The summed E-state index contributed by atoms with van der Waals surface area (Å²) >= 11 is 0. The summed E-state index contributed by atoms with van der Waals surface area (Å²) in [5.74, 6) is 0.0819. The molecule has 4 heterocycles. The molecule has 2 fully saturated rings. The molecule has 12 heteroatoms. The number of ether oxygens (including phenoxy) is 2. The molecule has 0 radical (unpaired) electrons. The van der Waals surface area contributed by atoms with Crippen LogP contribution in [-0.2, 0) is 4.74 Å². The number of nitrogen functional groups attached to an aromatic ring is 1. The zero-order valence-corrected chi connectivity index (χ0v) is 22.7. The maximum Gasteiger partial charge on any atom is 0.300 e. The summed E-state index contributed by atoms with van der Waals surface area (Å²) in [6.45, 7) is 3.66. The smallest absolute Gasteiger partial charge is 0.300 e. The van der Waals surface area contributed by atoms with E-state index in [0.29, 0.717) is 17.1 Å². The zero-order chi connectivity index (χ0) is 27.9. The number of anilines is 3. The van der Waals surface area contributed by atoms with E-state index in [1.807, 2.05) is 24.3 Å². The highest BCUT2D eigenvalue weighted by Gasteiger charge is 2.30. The maximum absolute atomic E-state index is 13.9. The summed E-state index contributed by atoms with van der Waals surface area (Å²) in [5.41, 5.74) is 10.0. The van der Waals surface area contributed by atoms with Crippen LogP contribution in [0.5, 0.6) is 5.75 Å². The van der Waals surface area contributed by atoms with Crippen LogP contribution >= 0.6 is 0 Å². The van der Waals surface area contributed by atoms with Gasteiger partial charge in [0.25, 0.3) is 6.01 Å². The molecular formula is C29H31FN8O3. The lowest BCUT2D eigenvalue weighted by atomic mass is 9.90. The van der Waals surface area contributed by atoms with Gasteiger partial charge in [-0.05, 0) is 37.8 Å². The fourth-order valence-corrected chi connectivity index (χ4v) is 6.02. The molecule has 0 spiro atoms. The van der Waals surface area contributed by atoms with Crippen LogP contribution in [0.1, 0.15) is 31.7 Å². The van der Waals surface area contributed by atoms with Crippen molar-refractivity contribution in [1.82, 2.24) is 29.6 Å². The minimum atomic E-state index is -0.443. The number of morpholine rings is 1. The standard InChI is InChI=1S/C29H31FN8O3/c1-39-24-15-18(30)14-23-26(24)41-29(34-23)33-19-4-2-17(3-5-19)25-22-16-32-28(31)35-27(22)38(36-25)21-8-6-20(7-9-21)37-10-12-40-13-11-37/h2-5,14-16,20-21H,6-13H2,1H3,(H,33,34)(H2,31,32,35). The number of rotatable bonds is 6. The third-order valence-electron chi connectivity index (χ3n) is 8.09. The van der Waals surface area contributed by atoms with E-state index in [1.54, 1.807) is 6.20 Å². The van der Waals surface area contributed by atoms with E-state index in [-0.39, 0.29) is 23.8 Å². The van der Waals surface area contributed by atoms with Crippen LogP contribution in [0.2, 0.25) is 0 Å². The first-order valence-corrected chi connectivity index (χ1v) is 13.9. The van der Waals surface area contributed by atoms with Crippen LogP contribution in [-0.4, -0.2) is 69.1 Å². The fourth-order valence-electron chi connectivity index (χ4n) is 6.02. The van der Waals surface area contributed by atoms with E-state index < -0.39 is 5.82 Å². The van der Waals surface area contributed by atoms with Crippen LogP contribution in [0.25, 0.3) is 33.4 Å². The van der Waals surface area contributed by atoms with Crippen LogP contribution in [0.4, 0.5) is 22.0 Å². The summed E-state index contributed by atoms with van der Waals surface area (Å²) < 4.78 is 32.5. The molecule has 1 saturated carbocycles. The minimum Gasteiger partial charge on any atom is -0.493 e. The zero-order valence-electron chi connectivity index (χ0n) is 22.7. The Kier molecular flexibility index (Phi) is 6.63. The van der Waals surface area contributed by atoms with Gasteiger partial charge in [0.15, 0.2) is 17.0 Å². The Hall–Kier alpha value is -4.29. The second-order valence-corrected chi connectivity index (χ2v) is 10.5. The lowest BCUT2D eigenvalue weighted by Gasteiger charge is -2.38. The average Bonchev–Trinajstić information content (AvgIpc) is 3.58. The van der Waals surface area contributed by atoms with Crippen molar-refractivity contribution < 1.29 is 18.3 Å². The SMILES string of the molecule is COc1cc(F)cc2nc(Nc3ccc(-c4nn(C5CCC(N6CCOCC6)CC5)c5nc(N)ncc45)cc3)oc12. The molecule has 7 rings (SSSR count). The van der Waals surface area contributed by atoms with Gasteiger partial charge in [-0.1, -0.05) is 12.1 Å². The third kappa shape index (κ3) is 4.93. The van der Waals surface area contributed by atoms with Gasteiger partial charge in [0.2, 0.25) is 5.95 Å². The molecule has 41 heavy (non-hydrogen) atoms. The highest BCUT2D eigenvalue weighted by molar-refractivity contribution is 5.91. The third-order valence-corrected chi connectivity index (χ3v) is 8.09. The number of methoxy groups -OCH3 is 1. The molecule has 0 amide bonds. The summed E-state index contributed by atoms with van der Waals surface area (Å²) in [6, 6.07) is 11.4. The largest absolute Gasteiger partial charge is 0.493 e. The number of benzene rings is 2. The fraction of sp³-hybridized carbons (Fsp3) is 0.379. The minimum absolute atomic E-state index is 0.238. The molecular weight excluding hydrogens is 527 g/mol. The van der Waals surface area contributed by atoms with Crippen molar-refractivity contribution >= 4 is 39.8 Å². The van der Waals surface area contributed by atoms with E-state index in [4.69, 9.17) is 24.7 Å². The highest BCUT2D eigenvalue weighted by atomic mass is 19.1. The number of nitrogens with zero attached hydrogens (tertiary/aromatic N) is 6. The molecule has 2 aromatic carbocycles. The topological polar surface area (TPSA) is 129 Å². The summed E-state index contributed by atoms with van der Waals surface area (Å²) in [4.78, 5) is 15.8. The molecule has 1 saturated heterocycles. The Morgan fingerprint density at radius 2 is 1.78 bits per heavy atom. The van der Waals surface area contributed by atoms with E-state index in [1.165, 1.54) is 19.2 Å². The molecule has 212 valence electrons. The molecule has 1 aliphatic carbocycles. The van der Waals surface area contributed by atoms with Crippen molar-refractivity contribution in [2.24, 2.45) is 0 Å². The number of hydrogen-bond acceptors (Lipinski definition) is 10. The van der Waals surface area contributed by atoms with Crippen LogP contribution in [0.15, 0.2) is 47.0 Å². The Morgan fingerprint density at radius 1 is 1.02 bits per heavy atom. The normalized spacial score (nSPS) is 20.0. The van der Waals surface area contributed by atoms with Gasteiger partial charge in [-0.3, -0.25) is 4.90 Å². The van der Waals surface area contributed by atoms with Gasteiger partial charge < -0.3 is 24.9 Å². The predicted octanol–water partition coefficient (Wildman–Crippen LogP) is 4.92. The second-order valence-electron chi connectivity index (χ2n) is 10.5. The number of nitrogens with two attached hydrogens (primary N) is 1. The Morgan fingerprint density at radius 3 is 2.54 bits per heavy atom. The van der Waals surface area contributed by atoms with Crippen molar-refractivity contribution in [3.63, 3.8) is 0 Å². The lowest BCUT2D eigenvalue weighted by molar-refractivity contribution is 0.00520. The quantitative estimate of drug-likeness (QED) is 0.296. The van der Waals surface area contributed by atoms with Gasteiger partial charge in [-0.25, -0.2) is 14.1 Å². The summed E-state index contributed by atoms with van der Waals surface area (Å²) in [6.07, 6.45) is 6.06. The molecule has 0 bridgehead atoms. The predicted molar refractivity (Wildman–Crippen MR) is 153 cm³/mol. The van der Waals surface area contributed by atoms with E-state index >= 15 is 0 Å². The number of oxazole rings is 1. The molecule has 3 aromatic heterocycles. The average molecular weight is 559 g/mol. The molecule has 11 nitrogen and oxygen atoms in total. The maximum atomic E-state index is 13.9. The van der Waals surface area contributed by atoms with Crippen LogP contribution < -0.4 is 15.8 Å². The highest BCUT2D eigenvalue weighted by Crippen LogP contribution is 2.36. The van der Waals surface area contributed by atoms with Crippen molar-refractivity contribution in [3.8, 4) is 17.0 Å². The van der Waals surface area contributed by atoms with Gasteiger partial charge in [0.05, 0.1) is 31.8 Å². The molecule has 1 aliphatic heterocycles. The van der Waals surface area contributed by atoms with Crippen molar-refractivity contribution in [2.75, 3.05) is 44.5 Å². The molecule has 5 aromatic rings. The monoisotopic (exact) mass is 558 g/mol. The van der Waals surface area contributed by atoms with E-state index in [2.05, 4.69) is 29.9 Å². The molecule has 0 unspecified atom stereocenters. The Bertz CT molecular complexity index is 1690. The molecule has 0 atom stereocenters. The van der Waals surface area contributed by atoms with Gasteiger partial charge in [-0.2, -0.15) is 15.1 Å². The Balaban J connectivity index is 1.13. The first-order valence-electron chi connectivity index (χ1n) is 13.9. The van der Waals surface area contributed by atoms with Crippen molar-refractivity contribution in [3.05, 3.63) is 48.4 Å². The molecule has 2 aliphatic rings. The Labute approximate surface area is 235 Å². The van der Waals surface area contributed by atoms with Gasteiger partial charge in [-0.15, -0.1) is 0 Å². The first kappa shape index (κ1) is 25.7. The van der Waals surface area contributed by atoms with Crippen molar-refractivity contribution in [1.29, 1.82) is 0 Å². The number of aromatic nitrogens is 5. The first-order chi connectivity index (χ1) is 20.1. The number of halogens is 1. The van der Waals surface area contributed by atoms with Gasteiger partial charge >= 0.3 is 0 Å². The second kappa shape index (κ2) is 10.6. The van der Waals surface area contributed by atoms with Crippen molar-refractivity contribution in [2.45, 2.75) is 37.8 Å². The number of nitrogens with one attached hydrogen (secondary N) is 1. The van der Waals surface area contributed by atoms with E-state index in [9.17, 15) is 4.39 Å². The van der Waals surface area contributed by atoms with Crippen LogP contribution in [0.3, 0.4) is 0 Å². The molecule has 3 N–H and O–H groups in total. The number of fused-ring (bicyclic) bond motifs is 2. The van der Waals surface area contributed by atoms with E-state index in [0.717, 1.165) is 80.0 Å². The lowest BCUT2D eigenvalue weighted by Crippen LogP contribution is -2.45. The van der Waals surface area contributed by atoms with Gasteiger partial charge in [0, 0.05) is 48.7 Å². The number of hydrogen-bond donors (Lipinski definition) is 2. The summed E-state index contributed by atoms with van der Waals surface area (Å²) in [7, 11) is 1.46.